The highest BCUT2D eigenvalue weighted by Gasteiger charge is 2.13. The molecule has 3 aromatic rings. The van der Waals surface area contributed by atoms with Crippen molar-refractivity contribution in [1.82, 2.24) is 24.5 Å². The Bertz CT molecular complexity index is 822. The van der Waals surface area contributed by atoms with Gasteiger partial charge in [-0.2, -0.15) is 5.10 Å². The van der Waals surface area contributed by atoms with Crippen LogP contribution in [0.2, 0.25) is 0 Å². The molecule has 0 spiro atoms. The number of hydrogen-bond donors (Lipinski definition) is 0. The second-order valence-electron chi connectivity index (χ2n) is 5.26. The predicted octanol–water partition coefficient (Wildman–Crippen LogP) is 3.34. The maximum atomic E-state index is 13.1. The van der Waals surface area contributed by atoms with Crippen molar-refractivity contribution in [3.63, 3.8) is 0 Å². The molecule has 124 valence electrons. The molecule has 3 rings (SSSR count). The van der Waals surface area contributed by atoms with Gasteiger partial charge in [-0.05, 0) is 36.8 Å². The van der Waals surface area contributed by atoms with E-state index in [-0.39, 0.29) is 5.82 Å². The van der Waals surface area contributed by atoms with Gasteiger partial charge < -0.3 is 0 Å². The van der Waals surface area contributed by atoms with E-state index in [1.165, 1.54) is 17.8 Å². The van der Waals surface area contributed by atoms with Crippen molar-refractivity contribution in [3.8, 4) is 11.4 Å². The van der Waals surface area contributed by atoms with Crippen LogP contribution in [0.15, 0.2) is 54.3 Å². The maximum absolute atomic E-state index is 13.1. The lowest BCUT2D eigenvalue weighted by Crippen LogP contribution is -2.03. The number of benzene rings is 1. The minimum absolute atomic E-state index is 0.265. The second kappa shape index (κ2) is 7.44. The smallest absolute Gasteiger partial charge is 0.191 e. The van der Waals surface area contributed by atoms with Gasteiger partial charge in [0.2, 0.25) is 0 Å². The lowest BCUT2D eigenvalue weighted by molar-refractivity contribution is 0.628. The summed E-state index contributed by atoms with van der Waals surface area (Å²) in [5.41, 5.74) is 2.01. The van der Waals surface area contributed by atoms with Crippen LogP contribution in [0.25, 0.3) is 11.4 Å². The molecule has 1 aromatic carbocycles. The van der Waals surface area contributed by atoms with Gasteiger partial charge in [-0.1, -0.05) is 17.8 Å². The quantitative estimate of drug-likeness (QED) is 0.488. The van der Waals surface area contributed by atoms with E-state index in [4.69, 9.17) is 0 Å². The van der Waals surface area contributed by atoms with Crippen LogP contribution in [0.3, 0.4) is 0 Å². The van der Waals surface area contributed by atoms with Gasteiger partial charge in [0.1, 0.15) is 5.82 Å². The summed E-state index contributed by atoms with van der Waals surface area (Å²) in [5, 5.41) is 13.6. The highest BCUT2D eigenvalue weighted by molar-refractivity contribution is 7.99. The maximum Gasteiger partial charge on any atom is 0.191 e. The number of aromatic nitrogens is 5. The fourth-order valence-electron chi connectivity index (χ4n) is 2.40. The first kappa shape index (κ1) is 16.4. The average molecular weight is 343 g/mol. The van der Waals surface area contributed by atoms with Crippen LogP contribution in [0, 0.1) is 5.82 Å². The average Bonchev–Trinajstić information content (AvgIpc) is 3.16. The summed E-state index contributed by atoms with van der Waals surface area (Å²) in [6.07, 6.45) is 4.50. The largest absolute Gasteiger partial charge is 0.298 e. The third-order valence-electron chi connectivity index (χ3n) is 3.64. The van der Waals surface area contributed by atoms with Gasteiger partial charge in [-0.25, -0.2) is 4.39 Å². The van der Waals surface area contributed by atoms with Gasteiger partial charge in [-0.15, -0.1) is 16.8 Å². The van der Waals surface area contributed by atoms with Crippen LogP contribution in [-0.2, 0) is 20.0 Å². The highest BCUT2D eigenvalue weighted by atomic mass is 32.2. The summed E-state index contributed by atoms with van der Waals surface area (Å²) in [7, 11) is 1.94. The van der Waals surface area contributed by atoms with Crippen LogP contribution in [0.5, 0.6) is 0 Å². The molecular formula is C17H18FN5S. The zero-order valence-corrected chi connectivity index (χ0v) is 14.2. The van der Waals surface area contributed by atoms with Crippen molar-refractivity contribution in [2.24, 2.45) is 7.05 Å². The molecule has 7 heteroatoms. The number of aryl methyl sites for hydroxylation is 2. The van der Waals surface area contributed by atoms with Crippen molar-refractivity contribution in [3.05, 3.63) is 60.7 Å². The number of halogens is 1. The first-order valence-electron chi connectivity index (χ1n) is 7.58. The SMILES string of the molecule is C=CCn1c(SCCc2ccnn2C)nnc1-c1ccc(F)cc1. The van der Waals surface area contributed by atoms with Crippen molar-refractivity contribution in [2.75, 3.05) is 5.75 Å². The summed E-state index contributed by atoms with van der Waals surface area (Å²) in [6, 6.07) is 8.29. The van der Waals surface area contributed by atoms with E-state index in [2.05, 4.69) is 21.9 Å². The van der Waals surface area contributed by atoms with Crippen LogP contribution < -0.4 is 0 Å². The second-order valence-corrected chi connectivity index (χ2v) is 6.32. The summed E-state index contributed by atoms with van der Waals surface area (Å²) in [4.78, 5) is 0. The van der Waals surface area contributed by atoms with E-state index >= 15 is 0 Å². The van der Waals surface area contributed by atoms with Crippen LogP contribution in [0.1, 0.15) is 5.69 Å². The number of rotatable bonds is 7. The molecule has 0 radical (unpaired) electrons. The van der Waals surface area contributed by atoms with Gasteiger partial charge in [0, 0.05) is 36.8 Å². The monoisotopic (exact) mass is 343 g/mol. The summed E-state index contributed by atoms with van der Waals surface area (Å²) < 4.78 is 17.0. The third kappa shape index (κ3) is 3.56. The molecule has 0 atom stereocenters. The molecule has 0 unspecified atom stereocenters. The van der Waals surface area contributed by atoms with E-state index in [1.54, 1.807) is 30.1 Å². The van der Waals surface area contributed by atoms with Gasteiger partial charge in [0.05, 0.1) is 0 Å². The number of thioether (sulfide) groups is 1. The Morgan fingerprint density at radius 1 is 1.21 bits per heavy atom. The molecule has 0 aliphatic heterocycles. The van der Waals surface area contributed by atoms with Gasteiger partial charge in [0.25, 0.3) is 0 Å². The molecule has 0 amide bonds. The molecule has 24 heavy (non-hydrogen) atoms. The predicted molar refractivity (Wildman–Crippen MR) is 93.2 cm³/mol. The molecule has 5 nitrogen and oxygen atoms in total. The number of nitrogens with zero attached hydrogens (tertiary/aromatic N) is 5. The van der Waals surface area contributed by atoms with Crippen molar-refractivity contribution in [2.45, 2.75) is 18.1 Å². The standard InChI is InChI=1S/C17H18FN5S/c1-3-11-23-16(13-4-6-14(18)7-5-13)20-21-17(23)24-12-9-15-8-10-19-22(15)2/h3-8,10H,1,9,11-12H2,2H3. The lowest BCUT2D eigenvalue weighted by atomic mass is 10.2. The van der Waals surface area contributed by atoms with E-state index in [1.807, 2.05) is 28.4 Å². The molecule has 0 aliphatic rings. The molecule has 0 saturated heterocycles. The van der Waals surface area contributed by atoms with Gasteiger partial charge in [0.15, 0.2) is 11.0 Å². The Kier molecular flexibility index (Phi) is 5.10. The number of allylic oxidation sites excluding steroid dienone is 1. The Morgan fingerprint density at radius 3 is 2.67 bits per heavy atom. The normalized spacial score (nSPS) is 10.9. The summed E-state index contributed by atoms with van der Waals surface area (Å²) in [5.74, 6) is 1.33. The Hall–Kier alpha value is -2.41. The van der Waals surface area contributed by atoms with E-state index < -0.39 is 0 Å². The van der Waals surface area contributed by atoms with Crippen LogP contribution in [0.4, 0.5) is 4.39 Å². The molecule has 2 aromatic heterocycles. The zero-order valence-electron chi connectivity index (χ0n) is 13.4. The highest BCUT2D eigenvalue weighted by Crippen LogP contribution is 2.24. The molecule has 0 saturated carbocycles. The van der Waals surface area contributed by atoms with E-state index in [9.17, 15) is 4.39 Å². The fraction of sp³-hybridized carbons (Fsp3) is 0.235. The zero-order chi connectivity index (χ0) is 16.9. The minimum atomic E-state index is -0.265. The Labute approximate surface area is 144 Å². The number of hydrogen-bond acceptors (Lipinski definition) is 4. The molecule has 0 bridgehead atoms. The Morgan fingerprint density at radius 2 is 2.00 bits per heavy atom. The van der Waals surface area contributed by atoms with E-state index in [0.29, 0.717) is 6.54 Å². The molecular weight excluding hydrogens is 325 g/mol. The summed E-state index contributed by atoms with van der Waals surface area (Å²) >= 11 is 1.64. The van der Waals surface area contributed by atoms with Crippen molar-refractivity contribution < 1.29 is 4.39 Å². The molecule has 0 N–H and O–H groups in total. The lowest BCUT2D eigenvalue weighted by Gasteiger charge is -2.08. The minimum Gasteiger partial charge on any atom is -0.298 e. The fourth-order valence-corrected chi connectivity index (χ4v) is 3.30. The van der Waals surface area contributed by atoms with Crippen molar-refractivity contribution >= 4 is 11.8 Å². The molecule has 0 fully saturated rings. The topological polar surface area (TPSA) is 48.5 Å². The molecule has 2 heterocycles. The summed E-state index contributed by atoms with van der Waals surface area (Å²) in [6.45, 7) is 4.41. The third-order valence-corrected chi connectivity index (χ3v) is 4.61. The van der Waals surface area contributed by atoms with Crippen LogP contribution in [-0.4, -0.2) is 30.3 Å². The first-order chi connectivity index (χ1) is 11.7. The van der Waals surface area contributed by atoms with Gasteiger partial charge in [-0.3, -0.25) is 9.25 Å². The molecule has 0 aliphatic carbocycles. The first-order valence-corrected chi connectivity index (χ1v) is 8.57. The van der Waals surface area contributed by atoms with E-state index in [0.717, 1.165) is 28.7 Å². The Balaban J connectivity index is 1.77. The van der Waals surface area contributed by atoms with Crippen LogP contribution >= 0.6 is 11.8 Å². The van der Waals surface area contributed by atoms with Gasteiger partial charge >= 0.3 is 0 Å². The van der Waals surface area contributed by atoms with Crippen molar-refractivity contribution in [1.29, 1.82) is 0 Å².